The molecule has 4 heterocycles. The Morgan fingerprint density at radius 2 is 1.94 bits per heavy atom. The third kappa shape index (κ3) is 6.16. The molecule has 0 spiro atoms. The summed E-state index contributed by atoms with van der Waals surface area (Å²) in [6.07, 6.45) is 4.01. The van der Waals surface area contributed by atoms with E-state index in [2.05, 4.69) is 37.6 Å². The number of hydrogen-bond donors (Lipinski definition) is 2. The Morgan fingerprint density at radius 3 is 2.69 bits per heavy atom. The Kier molecular flexibility index (Phi) is 7.99. The molecular formula is C23H35F2N9O. The Balaban J connectivity index is 1.38. The first kappa shape index (κ1) is 25.1. The van der Waals surface area contributed by atoms with Crippen LogP contribution in [0.2, 0.25) is 0 Å². The number of alkyl halides is 2. The van der Waals surface area contributed by atoms with Crippen molar-refractivity contribution in [3.63, 3.8) is 0 Å². The highest BCUT2D eigenvalue weighted by molar-refractivity contribution is 5.74. The van der Waals surface area contributed by atoms with Gasteiger partial charge in [-0.1, -0.05) is 0 Å². The van der Waals surface area contributed by atoms with Crippen LogP contribution in [0.1, 0.15) is 49.4 Å². The number of likely N-dealkylation sites (tertiary alicyclic amines) is 1. The first-order chi connectivity index (χ1) is 16.8. The molecule has 2 saturated heterocycles. The number of aromatic nitrogens is 4. The molecule has 192 valence electrons. The van der Waals surface area contributed by atoms with Gasteiger partial charge in [-0.25, -0.2) is 18.6 Å². The van der Waals surface area contributed by atoms with Gasteiger partial charge in [0.25, 0.3) is 6.43 Å². The third-order valence-electron chi connectivity index (χ3n) is 6.69. The van der Waals surface area contributed by atoms with Crippen LogP contribution in [0, 0.1) is 6.92 Å². The molecule has 2 fully saturated rings. The van der Waals surface area contributed by atoms with E-state index in [9.17, 15) is 13.6 Å². The zero-order valence-corrected chi connectivity index (χ0v) is 20.7. The van der Waals surface area contributed by atoms with E-state index in [1.54, 1.807) is 16.8 Å². The Hall–Kier alpha value is -3.02. The van der Waals surface area contributed by atoms with E-state index in [1.165, 1.54) is 0 Å². The normalized spacial score (nSPS) is 17.9. The number of amides is 2. The molecule has 0 aliphatic carbocycles. The fraction of sp³-hybridized carbons (Fsp3) is 0.652. The second-order valence-electron chi connectivity index (χ2n) is 9.39. The van der Waals surface area contributed by atoms with Gasteiger partial charge in [-0.05, 0) is 52.7 Å². The average molecular weight is 492 g/mol. The highest BCUT2D eigenvalue weighted by atomic mass is 19.3. The molecule has 12 heteroatoms. The topological polar surface area (TPSA) is 94.5 Å². The highest BCUT2D eigenvalue weighted by Crippen LogP contribution is 2.28. The van der Waals surface area contributed by atoms with Crippen molar-refractivity contribution in [1.82, 2.24) is 34.4 Å². The van der Waals surface area contributed by atoms with Gasteiger partial charge in [-0.3, -0.25) is 4.68 Å². The van der Waals surface area contributed by atoms with E-state index in [4.69, 9.17) is 0 Å². The quantitative estimate of drug-likeness (QED) is 0.519. The molecule has 2 amide bonds. The molecule has 0 bridgehead atoms. The molecule has 2 aromatic heterocycles. The molecule has 2 aliphatic heterocycles. The minimum absolute atomic E-state index is 0.00852. The summed E-state index contributed by atoms with van der Waals surface area (Å²) in [4.78, 5) is 26.4. The van der Waals surface area contributed by atoms with Gasteiger partial charge < -0.3 is 25.3 Å². The Morgan fingerprint density at radius 1 is 1.17 bits per heavy atom. The van der Waals surface area contributed by atoms with Crippen LogP contribution in [0.4, 0.5) is 31.0 Å². The summed E-state index contributed by atoms with van der Waals surface area (Å²) in [6.45, 7) is 6.42. The van der Waals surface area contributed by atoms with E-state index in [0.717, 1.165) is 63.0 Å². The summed E-state index contributed by atoms with van der Waals surface area (Å²) in [6, 6.07) is 0.348. The summed E-state index contributed by atoms with van der Waals surface area (Å²) >= 11 is 0. The standard InChI is InChI=1S/C23H35F2N9O/c1-16-19(15-34(30-16)17-6-12-31(2)13-7-17)28-22-27-14-18(20(24)25)21(29-22)26-8-4-10-33-11-5-9-32(3)23(33)35/h14-15,17,20H,4-13H2,1-3H3,(H2,26,27,28,29). The van der Waals surface area contributed by atoms with Crippen LogP contribution >= 0.6 is 0 Å². The number of rotatable bonds is 9. The van der Waals surface area contributed by atoms with Crippen LogP contribution in [0.25, 0.3) is 0 Å². The van der Waals surface area contributed by atoms with Crippen LogP contribution in [0.15, 0.2) is 12.4 Å². The molecule has 0 saturated carbocycles. The van der Waals surface area contributed by atoms with Gasteiger partial charge in [-0.2, -0.15) is 10.1 Å². The average Bonchev–Trinajstić information content (AvgIpc) is 3.19. The predicted octanol–water partition coefficient (Wildman–Crippen LogP) is 3.49. The Labute approximate surface area is 204 Å². The molecule has 10 nitrogen and oxygen atoms in total. The second-order valence-corrected chi connectivity index (χ2v) is 9.39. The first-order valence-electron chi connectivity index (χ1n) is 12.2. The molecule has 2 aliphatic rings. The van der Waals surface area contributed by atoms with Crippen LogP contribution in [0.5, 0.6) is 0 Å². The molecule has 0 unspecified atom stereocenters. The number of nitrogens with zero attached hydrogens (tertiary/aromatic N) is 7. The summed E-state index contributed by atoms with van der Waals surface area (Å²) < 4.78 is 29.1. The number of carbonyl (C=O) groups is 1. The number of anilines is 3. The molecule has 0 radical (unpaired) electrons. The van der Waals surface area contributed by atoms with Crippen molar-refractivity contribution >= 4 is 23.5 Å². The lowest BCUT2D eigenvalue weighted by Gasteiger charge is -2.33. The van der Waals surface area contributed by atoms with Gasteiger partial charge in [0.15, 0.2) is 0 Å². The minimum Gasteiger partial charge on any atom is -0.369 e. The monoisotopic (exact) mass is 491 g/mol. The van der Waals surface area contributed by atoms with Gasteiger partial charge in [-0.15, -0.1) is 0 Å². The molecule has 2 aromatic rings. The zero-order chi connectivity index (χ0) is 24.9. The van der Waals surface area contributed by atoms with E-state index in [1.807, 2.05) is 17.8 Å². The fourth-order valence-electron chi connectivity index (χ4n) is 4.54. The molecule has 0 atom stereocenters. The van der Waals surface area contributed by atoms with Gasteiger partial charge >= 0.3 is 6.03 Å². The van der Waals surface area contributed by atoms with E-state index in [-0.39, 0.29) is 23.4 Å². The summed E-state index contributed by atoms with van der Waals surface area (Å²) in [5, 5.41) is 10.8. The number of carbonyl (C=O) groups excluding carboxylic acids is 1. The summed E-state index contributed by atoms with van der Waals surface area (Å²) in [7, 11) is 3.91. The summed E-state index contributed by atoms with van der Waals surface area (Å²) in [5.74, 6) is 0.329. The van der Waals surface area contributed by atoms with Crippen molar-refractivity contribution in [2.75, 3.05) is 64.0 Å². The largest absolute Gasteiger partial charge is 0.369 e. The van der Waals surface area contributed by atoms with Gasteiger partial charge in [0.1, 0.15) is 5.82 Å². The van der Waals surface area contributed by atoms with Crippen molar-refractivity contribution in [2.45, 2.75) is 45.1 Å². The van der Waals surface area contributed by atoms with E-state index in [0.29, 0.717) is 25.6 Å². The van der Waals surface area contributed by atoms with Crippen molar-refractivity contribution in [3.05, 3.63) is 23.7 Å². The summed E-state index contributed by atoms with van der Waals surface area (Å²) in [5.41, 5.74) is 1.31. The SMILES string of the molecule is Cc1nn(C2CCN(C)CC2)cc1Nc1ncc(C(F)F)c(NCCCN2CCCN(C)C2=O)n1. The number of piperidine rings is 1. The van der Waals surface area contributed by atoms with Gasteiger partial charge in [0.2, 0.25) is 5.95 Å². The molecule has 0 aromatic carbocycles. The first-order valence-corrected chi connectivity index (χ1v) is 12.2. The lowest BCUT2D eigenvalue weighted by Crippen LogP contribution is -2.47. The van der Waals surface area contributed by atoms with Crippen molar-refractivity contribution in [1.29, 1.82) is 0 Å². The second kappa shape index (κ2) is 11.1. The van der Waals surface area contributed by atoms with Gasteiger partial charge in [0, 0.05) is 45.6 Å². The maximum atomic E-state index is 13.6. The van der Waals surface area contributed by atoms with E-state index >= 15 is 0 Å². The van der Waals surface area contributed by atoms with Gasteiger partial charge in [0.05, 0.1) is 23.0 Å². The third-order valence-corrected chi connectivity index (χ3v) is 6.69. The maximum Gasteiger partial charge on any atom is 0.319 e. The zero-order valence-electron chi connectivity index (χ0n) is 20.7. The number of nitrogens with one attached hydrogen (secondary N) is 2. The molecular weight excluding hydrogens is 456 g/mol. The van der Waals surface area contributed by atoms with Crippen molar-refractivity contribution in [2.24, 2.45) is 0 Å². The van der Waals surface area contributed by atoms with Crippen LogP contribution in [-0.4, -0.2) is 93.8 Å². The molecule has 2 N–H and O–H groups in total. The molecule has 4 rings (SSSR count). The van der Waals surface area contributed by atoms with Crippen LogP contribution in [0.3, 0.4) is 0 Å². The van der Waals surface area contributed by atoms with Crippen LogP contribution < -0.4 is 10.6 Å². The lowest BCUT2D eigenvalue weighted by atomic mass is 10.1. The van der Waals surface area contributed by atoms with E-state index < -0.39 is 6.43 Å². The number of halogens is 2. The van der Waals surface area contributed by atoms with Crippen LogP contribution in [-0.2, 0) is 0 Å². The maximum absolute atomic E-state index is 13.6. The minimum atomic E-state index is -2.70. The number of aryl methyl sites for hydroxylation is 1. The lowest BCUT2D eigenvalue weighted by molar-refractivity contribution is 0.141. The van der Waals surface area contributed by atoms with Crippen molar-refractivity contribution < 1.29 is 13.6 Å². The predicted molar refractivity (Wildman–Crippen MR) is 130 cm³/mol. The highest BCUT2D eigenvalue weighted by Gasteiger charge is 2.23. The number of urea groups is 1. The number of hydrogen-bond acceptors (Lipinski definition) is 7. The smallest absolute Gasteiger partial charge is 0.319 e. The Bertz CT molecular complexity index is 1010. The molecule has 35 heavy (non-hydrogen) atoms. The van der Waals surface area contributed by atoms with Crippen molar-refractivity contribution in [3.8, 4) is 0 Å². The fourth-order valence-corrected chi connectivity index (χ4v) is 4.54.